The molecular formula is C17H32N2O5. The Kier molecular flexibility index (Phi) is 8.78. The molecule has 0 spiro atoms. The zero-order chi connectivity index (χ0) is 19.1. The minimum atomic E-state index is -0.806. The molecule has 0 aromatic rings. The minimum Gasteiger partial charge on any atom is -0.467 e. The lowest BCUT2D eigenvalue weighted by molar-refractivity contribution is -0.145. The van der Waals surface area contributed by atoms with Crippen molar-refractivity contribution in [2.45, 2.75) is 72.6 Å². The van der Waals surface area contributed by atoms with Gasteiger partial charge >= 0.3 is 12.1 Å². The molecule has 0 aliphatic carbocycles. The Hall–Kier alpha value is -1.79. The van der Waals surface area contributed by atoms with Crippen LogP contribution in [-0.4, -0.2) is 42.8 Å². The molecule has 0 saturated carbocycles. The van der Waals surface area contributed by atoms with Crippen LogP contribution in [0.5, 0.6) is 0 Å². The Morgan fingerprint density at radius 1 is 1.00 bits per heavy atom. The van der Waals surface area contributed by atoms with Crippen LogP contribution in [0.1, 0.15) is 54.9 Å². The summed E-state index contributed by atoms with van der Waals surface area (Å²) < 4.78 is 9.92. The molecule has 0 heterocycles. The van der Waals surface area contributed by atoms with Crippen molar-refractivity contribution in [1.82, 2.24) is 10.6 Å². The number of amides is 2. The molecule has 7 heteroatoms. The van der Waals surface area contributed by atoms with Crippen LogP contribution in [0.2, 0.25) is 0 Å². The third kappa shape index (κ3) is 8.74. The number of hydrogen-bond acceptors (Lipinski definition) is 5. The molecule has 0 radical (unpaired) electrons. The third-order valence-corrected chi connectivity index (χ3v) is 3.13. The zero-order valence-corrected chi connectivity index (χ0v) is 16.1. The second-order valence-electron chi connectivity index (χ2n) is 7.58. The van der Waals surface area contributed by atoms with Gasteiger partial charge in [-0.1, -0.05) is 27.7 Å². The first-order chi connectivity index (χ1) is 10.9. The Balaban J connectivity index is 5.00. The summed E-state index contributed by atoms with van der Waals surface area (Å²) in [4.78, 5) is 36.3. The predicted molar refractivity (Wildman–Crippen MR) is 91.4 cm³/mol. The number of alkyl carbamates (subject to hydrolysis) is 1. The molecule has 2 atom stereocenters. The Bertz CT molecular complexity index is 441. The van der Waals surface area contributed by atoms with Crippen molar-refractivity contribution < 1.29 is 23.9 Å². The Morgan fingerprint density at radius 2 is 1.54 bits per heavy atom. The SMILES string of the molecule is COC(=O)[C@H](CC(C)C)NC(=O)[C@H](NC(=O)OC(C)(C)C)C(C)C. The fourth-order valence-electron chi connectivity index (χ4n) is 2.06. The quantitative estimate of drug-likeness (QED) is 0.691. The summed E-state index contributed by atoms with van der Waals surface area (Å²) in [6.45, 7) is 12.7. The number of carbonyl (C=O) groups excluding carboxylic acids is 3. The van der Waals surface area contributed by atoms with Crippen LogP contribution < -0.4 is 10.6 Å². The maximum absolute atomic E-state index is 12.5. The number of hydrogen-bond donors (Lipinski definition) is 2. The van der Waals surface area contributed by atoms with E-state index in [1.165, 1.54) is 7.11 Å². The summed E-state index contributed by atoms with van der Waals surface area (Å²) in [5, 5.41) is 5.23. The van der Waals surface area contributed by atoms with Crippen molar-refractivity contribution in [1.29, 1.82) is 0 Å². The van der Waals surface area contributed by atoms with Crippen LogP contribution >= 0.6 is 0 Å². The van der Waals surface area contributed by atoms with Gasteiger partial charge < -0.3 is 20.1 Å². The molecule has 0 fully saturated rings. The molecule has 140 valence electrons. The van der Waals surface area contributed by atoms with Gasteiger partial charge in [0.05, 0.1) is 7.11 Å². The van der Waals surface area contributed by atoms with E-state index in [0.29, 0.717) is 6.42 Å². The minimum absolute atomic E-state index is 0.171. The topological polar surface area (TPSA) is 93.7 Å². The highest BCUT2D eigenvalue weighted by Crippen LogP contribution is 2.11. The van der Waals surface area contributed by atoms with Crippen LogP contribution in [0.3, 0.4) is 0 Å². The number of methoxy groups -OCH3 is 1. The van der Waals surface area contributed by atoms with Crippen molar-refractivity contribution in [3.05, 3.63) is 0 Å². The highest BCUT2D eigenvalue weighted by Gasteiger charge is 2.30. The van der Waals surface area contributed by atoms with E-state index < -0.39 is 35.7 Å². The van der Waals surface area contributed by atoms with Gasteiger partial charge in [0.2, 0.25) is 5.91 Å². The fraction of sp³-hybridized carbons (Fsp3) is 0.824. The second-order valence-corrected chi connectivity index (χ2v) is 7.58. The largest absolute Gasteiger partial charge is 0.467 e. The lowest BCUT2D eigenvalue weighted by Gasteiger charge is -2.27. The summed E-state index contributed by atoms with van der Waals surface area (Å²) in [7, 11) is 1.28. The summed E-state index contributed by atoms with van der Waals surface area (Å²) in [5.41, 5.74) is -0.658. The van der Waals surface area contributed by atoms with Gasteiger partial charge in [0.15, 0.2) is 0 Å². The van der Waals surface area contributed by atoms with E-state index in [9.17, 15) is 14.4 Å². The normalized spacial score (nSPS) is 14.1. The number of esters is 1. The molecule has 0 aliphatic rings. The molecule has 0 aromatic heterocycles. The highest BCUT2D eigenvalue weighted by atomic mass is 16.6. The van der Waals surface area contributed by atoms with Crippen LogP contribution in [-0.2, 0) is 19.1 Å². The van der Waals surface area contributed by atoms with E-state index in [1.54, 1.807) is 34.6 Å². The Labute approximate surface area is 144 Å². The summed E-state index contributed by atoms with van der Waals surface area (Å²) in [5.74, 6) is -0.913. The molecule has 0 unspecified atom stereocenters. The molecular weight excluding hydrogens is 312 g/mol. The third-order valence-electron chi connectivity index (χ3n) is 3.13. The van der Waals surface area contributed by atoms with E-state index in [4.69, 9.17) is 9.47 Å². The predicted octanol–water partition coefficient (Wildman–Crippen LogP) is 2.24. The first-order valence-electron chi connectivity index (χ1n) is 8.25. The van der Waals surface area contributed by atoms with Gasteiger partial charge in [-0.3, -0.25) is 4.79 Å². The van der Waals surface area contributed by atoms with Crippen molar-refractivity contribution >= 4 is 18.0 Å². The molecule has 0 rings (SSSR count). The van der Waals surface area contributed by atoms with E-state index in [1.807, 2.05) is 13.8 Å². The van der Waals surface area contributed by atoms with Crippen molar-refractivity contribution in [2.24, 2.45) is 11.8 Å². The molecule has 0 bridgehead atoms. The van der Waals surface area contributed by atoms with Crippen molar-refractivity contribution in [3.63, 3.8) is 0 Å². The van der Waals surface area contributed by atoms with Gasteiger partial charge in [-0.25, -0.2) is 9.59 Å². The molecule has 0 aliphatic heterocycles. The maximum Gasteiger partial charge on any atom is 0.408 e. The van der Waals surface area contributed by atoms with Gasteiger partial charge in [-0.05, 0) is 39.0 Å². The van der Waals surface area contributed by atoms with E-state index in [0.717, 1.165) is 0 Å². The van der Waals surface area contributed by atoms with Crippen LogP contribution in [0.15, 0.2) is 0 Å². The number of rotatable bonds is 7. The molecule has 2 amide bonds. The number of ether oxygens (including phenoxy) is 2. The second kappa shape index (κ2) is 9.49. The smallest absolute Gasteiger partial charge is 0.408 e. The molecule has 24 heavy (non-hydrogen) atoms. The van der Waals surface area contributed by atoms with E-state index in [-0.39, 0.29) is 11.8 Å². The van der Waals surface area contributed by atoms with Gasteiger partial charge in [-0.2, -0.15) is 0 Å². The summed E-state index contributed by atoms with van der Waals surface area (Å²) in [6, 6.07) is -1.55. The molecule has 7 nitrogen and oxygen atoms in total. The summed E-state index contributed by atoms with van der Waals surface area (Å²) in [6.07, 6.45) is -0.217. The lowest BCUT2D eigenvalue weighted by atomic mass is 10.0. The summed E-state index contributed by atoms with van der Waals surface area (Å²) >= 11 is 0. The Morgan fingerprint density at radius 3 is 1.92 bits per heavy atom. The standard InChI is InChI=1S/C17H32N2O5/c1-10(2)9-12(15(21)23-8)18-14(20)13(11(3)4)19-16(22)24-17(5,6)7/h10-13H,9H2,1-8H3,(H,18,20)(H,19,22)/t12-,13+/m0/s1. The lowest BCUT2D eigenvalue weighted by Crippen LogP contribution is -2.54. The van der Waals surface area contributed by atoms with Crippen LogP contribution in [0.4, 0.5) is 4.79 Å². The first kappa shape index (κ1) is 22.2. The molecule has 0 aromatic carbocycles. The van der Waals surface area contributed by atoms with Crippen molar-refractivity contribution in [3.8, 4) is 0 Å². The monoisotopic (exact) mass is 344 g/mol. The zero-order valence-electron chi connectivity index (χ0n) is 16.1. The number of carbonyl (C=O) groups is 3. The van der Waals surface area contributed by atoms with Gasteiger partial charge in [0.1, 0.15) is 17.7 Å². The first-order valence-corrected chi connectivity index (χ1v) is 8.25. The van der Waals surface area contributed by atoms with Gasteiger partial charge in [0.25, 0.3) is 0 Å². The number of nitrogens with one attached hydrogen (secondary N) is 2. The van der Waals surface area contributed by atoms with E-state index in [2.05, 4.69) is 10.6 Å². The highest BCUT2D eigenvalue weighted by molar-refractivity contribution is 5.89. The average Bonchev–Trinajstić information content (AvgIpc) is 2.40. The van der Waals surface area contributed by atoms with Crippen LogP contribution in [0.25, 0.3) is 0 Å². The van der Waals surface area contributed by atoms with E-state index >= 15 is 0 Å². The van der Waals surface area contributed by atoms with Gasteiger partial charge in [0, 0.05) is 0 Å². The van der Waals surface area contributed by atoms with Crippen LogP contribution in [0, 0.1) is 11.8 Å². The van der Waals surface area contributed by atoms with Crippen molar-refractivity contribution in [2.75, 3.05) is 7.11 Å². The maximum atomic E-state index is 12.5. The average molecular weight is 344 g/mol. The fourth-order valence-corrected chi connectivity index (χ4v) is 2.06. The molecule has 0 saturated heterocycles. The van der Waals surface area contributed by atoms with Gasteiger partial charge in [-0.15, -0.1) is 0 Å². The molecule has 2 N–H and O–H groups in total.